The lowest BCUT2D eigenvalue weighted by atomic mass is 9.94. The van der Waals surface area contributed by atoms with Crippen LogP contribution in [0.2, 0.25) is 0 Å². The highest BCUT2D eigenvalue weighted by molar-refractivity contribution is 7.98. The van der Waals surface area contributed by atoms with Gasteiger partial charge < -0.3 is 4.90 Å². The molecule has 3 nitrogen and oxygen atoms in total. The van der Waals surface area contributed by atoms with Gasteiger partial charge in [-0.05, 0) is 47.7 Å². The van der Waals surface area contributed by atoms with E-state index in [1.165, 1.54) is 18.9 Å². The summed E-state index contributed by atoms with van der Waals surface area (Å²) in [6.07, 6.45) is 4.41. The van der Waals surface area contributed by atoms with E-state index < -0.39 is 5.82 Å². The zero-order valence-corrected chi connectivity index (χ0v) is 18.2. The number of nitrogens with one attached hydrogen (secondary N) is 1. The van der Waals surface area contributed by atoms with Crippen LogP contribution < -0.4 is 9.62 Å². The zero-order chi connectivity index (χ0) is 21.0. The molecule has 1 aliphatic rings. The number of anilines is 1. The van der Waals surface area contributed by atoms with Crippen LogP contribution in [0.4, 0.5) is 10.1 Å². The fraction of sp³-hybridized carbons (Fsp3) is 0.375. The van der Waals surface area contributed by atoms with Crippen molar-refractivity contribution in [3.8, 4) is 17.2 Å². The first kappa shape index (κ1) is 21.4. The summed E-state index contributed by atoms with van der Waals surface area (Å²) in [6.45, 7) is 12.1. The van der Waals surface area contributed by atoms with E-state index in [2.05, 4.69) is 43.0 Å². The average Bonchev–Trinajstić information content (AvgIpc) is 3.50. The SMILES string of the molecule is C=CN(CC(C)(C)C)c1cc(-c2cccc(F)c2C#N)ccc1CNSC1CC1. The predicted molar refractivity (Wildman–Crippen MR) is 121 cm³/mol. The van der Waals surface area contributed by atoms with E-state index in [1.807, 2.05) is 24.4 Å². The van der Waals surface area contributed by atoms with E-state index >= 15 is 0 Å². The summed E-state index contributed by atoms with van der Waals surface area (Å²) in [7, 11) is 0. The minimum atomic E-state index is -0.492. The third-order valence-corrected chi connectivity index (χ3v) is 5.85. The van der Waals surface area contributed by atoms with Crippen molar-refractivity contribution in [2.24, 2.45) is 5.41 Å². The molecular weight excluding hydrogens is 381 g/mol. The van der Waals surface area contributed by atoms with Crippen molar-refractivity contribution in [2.45, 2.75) is 45.4 Å². The van der Waals surface area contributed by atoms with Gasteiger partial charge in [-0.2, -0.15) is 5.26 Å². The molecule has 0 heterocycles. The summed E-state index contributed by atoms with van der Waals surface area (Å²) < 4.78 is 17.6. The van der Waals surface area contributed by atoms with Crippen LogP contribution in [0.25, 0.3) is 11.1 Å². The maximum atomic E-state index is 14.1. The first-order valence-electron chi connectivity index (χ1n) is 9.92. The highest BCUT2D eigenvalue weighted by atomic mass is 32.2. The lowest BCUT2D eigenvalue weighted by Crippen LogP contribution is -2.29. The Morgan fingerprint density at radius 2 is 2.07 bits per heavy atom. The van der Waals surface area contributed by atoms with Crippen molar-refractivity contribution in [3.63, 3.8) is 0 Å². The summed E-state index contributed by atoms with van der Waals surface area (Å²) in [5, 5.41) is 10.2. The van der Waals surface area contributed by atoms with Crippen molar-refractivity contribution in [1.82, 2.24) is 4.72 Å². The minimum Gasteiger partial charge on any atom is -0.348 e. The van der Waals surface area contributed by atoms with Gasteiger partial charge in [-0.25, -0.2) is 4.39 Å². The highest BCUT2D eigenvalue weighted by Gasteiger charge is 2.23. The third-order valence-electron chi connectivity index (χ3n) is 4.73. The van der Waals surface area contributed by atoms with Crippen molar-refractivity contribution in [2.75, 3.05) is 11.4 Å². The molecule has 1 aliphatic carbocycles. The second-order valence-corrected chi connectivity index (χ2v) is 9.82. The molecule has 0 aliphatic heterocycles. The first-order valence-corrected chi connectivity index (χ1v) is 10.8. The van der Waals surface area contributed by atoms with Crippen LogP contribution in [0.1, 0.15) is 44.7 Å². The minimum absolute atomic E-state index is 0.0777. The van der Waals surface area contributed by atoms with E-state index in [0.29, 0.717) is 5.56 Å². The molecule has 0 atom stereocenters. The quantitative estimate of drug-likeness (QED) is 0.522. The van der Waals surface area contributed by atoms with Crippen LogP contribution in [-0.2, 0) is 6.54 Å². The van der Waals surface area contributed by atoms with E-state index in [4.69, 9.17) is 0 Å². The molecule has 2 aromatic carbocycles. The van der Waals surface area contributed by atoms with E-state index in [0.717, 1.165) is 35.2 Å². The van der Waals surface area contributed by atoms with Gasteiger partial charge >= 0.3 is 0 Å². The average molecular weight is 410 g/mol. The van der Waals surface area contributed by atoms with Gasteiger partial charge in [0.15, 0.2) is 0 Å². The Labute approximate surface area is 177 Å². The van der Waals surface area contributed by atoms with Crippen molar-refractivity contribution < 1.29 is 4.39 Å². The smallest absolute Gasteiger partial charge is 0.141 e. The van der Waals surface area contributed by atoms with E-state index in [9.17, 15) is 9.65 Å². The normalized spacial score (nSPS) is 13.8. The summed E-state index contributed by atoms with van der Waals surface area (Å²) in [4.78, 5) is 2.15. The lowest BCUT2D eigenvalue weighted by molar-refractivity contribution is 0.423. The van der Waals surface area contributed by atoms with Crippen LogP contribution in [0.15, 0.2) is 49.2 Å². The molecule has 29 heavy (non-hydrogen) atoms. The molecule has 0 saturated heterocycles. The molecule has 152 valence electrons. The molecule has 0 bridgehead atoms. The third kappa shape index (κ3) is 5.62. The van der Waals surface area contributed by atoms with Crippen LogP contribution >= 0.6 is 11.9 Å². The molecule has 0 aromatic heterocycles. The Bertz CT molecular complexity index is 923. The number of rotatable bonds is 8. The molecule has 0 spiro atoms. The Kier molecular flexibility index (Phi) is 6.66. The van der Waals surface area contributed by atoms with Crippen molar-refractivity contribution in [1.29, 1.82) is 5.26 Å². The van der Waals surface area contributed by atoms with Gasteiger partial charge in [0, 0.05) is 29.6 Å². The molecule has 0 amide bonds. The molecular formula is C24H28FN3S. The Hall–Kier alpha value is -2.29. The van der Waals surface area contributed by atoms with Gasteiger partial charge in [-0.15, -0.1) is 0 Å². The van der Waals surface area contributed by atoms with Gasteiger partial charge in [0.1, 0.15) is 11.9 Å². The van der Waals surface area contributed by atoms with Crippen LogP contribution in [0, 0.1) is 22.6 Å². The maximum absolute atomic E-state index is 14.1. The first-order chi connectivity index (χ1) is 13.8. The summed E-state index contributed by atoms with van der Waals surface area (Å²) >= 11 is 1.80. The van der Waals surface area contributed by atoms with Gasteiger partial charge in [0.2, 0.25) is 0 Å². The van der Waals surface area contributed by atoms with Gasteiger partial charge in [0.25, 0.3) is 0 Å². The molecule has 0 unspecified atom stereocenters. The highest BCUT2D eigenvalue weighted by Crippen LogP contribution is 2.35. The number of nitriles is 1. The summed E-state index contributed by atoms with van der Waals surface area (Å²) in [5.74, 6) is -0.492. The standard InChI is InChI=1S/C24H28FN3S/c1-5-28(16-24(2,3)4)23-13-17(20-7-6-8-22(25)21(20)14-26)9-10-18(23)15-27-29-19-11-12-19/h5-10,13,19,27H,1,11-12,15-16H2,2-4H3. The monoisotopic (exact) mass is 409 g/mol. The molecule has 1 saturated carbocycles. The van der Waals surface area contributed by atoms with Crippen molar-refractivity contribution >= 4 is 17.6 Å². The number of benzene rings is 2. The molecule has 2 aromatic rings. The lowest BCUT2D eigenvalue weighted by Gasteiger charge is -2.31. The summed E-state index contributed by atoms with van der Waals surface area (Å²) in [6, 6.07) is 12.9. The largest absolute Gasteiger partial charge is 0.348 e. The number of halogens is 1. The Morgan fingerprint density at radius 1 is 1.31 bits per heavy atom. The number of nitrogens with zero attached hydrogens (tertiary/aromatic N) is 2. The molecule has 1 fully saturated rings. The predicted octanol–water partition coefficient (Wildman–Crippen LogP) is 6.26. The van der Waals surface area contributed by atoms with Crippen LogP contribution in [-0.4, -0.2) is 11.8 Å². The van der Waals surface area contributed by atoms with Gasteiger partial charge in [-0.1, -0.05) is 63.6 Å². The Morgan fingerprint density at radius 3 is 2.69 bits per heavy atom. The van der Waals surface area contributed by atoms with Crippen LogP contribution in [0.3, 0.4) is 0 Å². The van der Waals surface area contributed by atoms with E-state index in [-0.39, 0.29) is 11.0 Å². The topological polar surface area (TPSA) is 39.1 Å². The molecule has 0 radical (unpaired) electrons. The maximum Gasteiger partial charge on any atom is 0.141 e. The zero-order valence-electron chi connectivity index (χ0n) is 17.3. The number of hydrogen-bond acceptors (Lipinski definition) is 4. The van der Waals surface area contributed by atoms with Gasteiger partial charge in [-0.3, -0.25) is 4.72 Å². The number of hydrogen-bond donors (Lipinski definition) is 1. The second-order valence-electron chi connectivity index (χ2n) is 8.63. The Balaban J connectivity index is 2.00. The fourth-order valence-corrected chi connectivity index (χ4v) is 4.06. The fourth-order valence-electron chi connectivity index (χ4n) is 3.21. The summed E-state index contributed by atoms with van der Waals surface area (Å²) in [5.41, 5.74) is 3.78. The molecule has 3 rings (SSSR count). The molecule has 5 heteroatoms. The molecule has 1 N–H and O–H groups in total. The second kappa shape index (κ2) is 9.02. The van der Waals surface area contributed by atoms with Gasteiger partial charge in [0.05, 0.1) is 5.56 Å². The van der Waals surface area contributed by atoms with E-state index in [1.54, 1.807) is 24.1 Å². The van der Waals surface area contributed by atoms with Crippen molar-refractivity contribution in [3.05, 3.63) is 66.1 Å². The van der Waals surface area contributed by atoms with Crippen LogP contribution in [0.5, 0.6) is 0 Å².